The third-order valence-corrected chi connectivity index (χ3v) is 9.89. The fourth-order valence-corrected chi connectivity index (χ4v) is 7.10. The van der Waals surface area contributed by atoms with E-state index in [0.29, 0.717) is 10.2 Å². The van der Waals surface area contributed by atoms with Gasteiger partial charge in [0.25, 0.3) is 15.9 Å². The minimum atomic E-state index is -4.04. The molecule has 250 valence electrons. The van der Waals surface area contributed by atoms with Crippen LogP contribution in [0, 0.1) is 0 Å². The molecule has 0 radical (unpaired) electrons. The number of nitrogens with zero attached hydrogens (tertiary/aromatic N) is 6. The Hall–Kier alpha value is -5.98. The summed E-state index contributed by atoms with van der Waals surface area (Å²) < 4.78 is 35.6. The first-order chi connectivity index (χ1) is 23.7. The molecule has 0 saturated heterocycles. The molecule has 0 aliphatic carbocycles. The standard InChI is InChI=1S/C31H27N9O7S2/c41-24(40(38-29(42)43)16-15-35-49(45,46)31-36-22-13-7-8-14-23(22)48-31)17-39-19-34-25-27(32-18-33-28(25)39)37-30(44)47-26(20-9-3-1-4-10-20)21-11-5-2-6-12-21/h1-14,18-19,26,35,38H,15-17H2,(H,42,43)(H,32,33,37,44). The highest BCUT2D eigenvalue weighted by atomic mass is 32.2. The van der Waals surface area contributed by atoms with Crippen LogP contribution in [0.2, 0.25) is 0 Å². The summed E-state index contributed by atoms with van der Waals surface area (Å²) in [6.45, 7) is -1.10. The lowest BCUT2D eigenvalue weighted by atomic mass is 10.0. The van der Waals surface area contributed by atoms with Crippen LogP contribution in [-0.2, 0) is 26.1 Å². The van der Waals surface area contributed by atoms with E-state index in [9.17, 15) is 27.9 Å². The van der Waals surface area contributed by atoms with E-state index in [-0.39, 0.29) is 34.4 Å². The van der Waals surface area contributed by atoms with E-state index in [1.165, 1.54) is 10.9 Å². The van der Waals surface area contributed by atoms with Gasteiger partial charge in [0.15, 0.2) is 23.1 Å². The summed E-state index contributed by atoms with van der Waals surface area (Å²) in [5, 5.41) is 12.7. The Labute approximate surface area is 282 Å². The molecule has 6 rings (SSSR count). The van der Waals surface area contributed by atoms with Crippen molar-refractivity contribution in [3.8, 4) is 0 Å². The smallest absolute Gasteiger partial charge is 0.423 e. The van der Waals surface area contributed by atoms with E-state index in [2.05, 4.69) is 30.0 Å². The number of nitrogens with one attached hydrogen (secondary N) is 3. The van der Waals surface area contributed by atoms with Crippen molar-refractivity contribution in [3.63, 3.8) is 0 Å². The van der Waals surface area contributed by atoms with Gasteiger partial charge in [0.1, 0.15) is 12.9 Å². The molecule has 3 amide bonds. The van der Waals surface area contributed by atoms with Crippen LogP contribution in [0.5, 0.6) is 0 Å². The second-order valence-corrected chi connectivity index (χ2v) is 13.3. The molecule has 0 fully saturated rings. The summed E-state index contributed by atoms with van der Waals surface area (Å²) in [5.41, 5.74) is 4.31. The number of carbonyl (C=O) groups excluding carboxylic acids is 2. The zero-order valence-corrected chi connectivity index (χ0v) is 27.0. The Morgan fingerprint density at radius 1 is 0.918 bits per heavy atom. The lowest BCUT2D eigenvalue weighted by Gasteiger charge is -2.22. The van der Waals surface area contributed by atoms with Gasteiger partial charge in [-0.2, -0.15) is 0 Å². The molecule has 0 aliphatic rings. The number of thiazole rings is 1. The van der Waals surface area contributed by atoms with E-state index < -0.39 is 40.8 Å². The van der Waals surface area contributed by atoms with Crippen LogP contribution in [0.3, 0.4) is 0 Å². The quantitative estimate of drug-likeness (QED) is 0.143. The van der Waals surface area contributed by atoms with Crippen molar-refractivity contribution < 1.29 is 32.6 Å². The van der Waals surface area contributed by atoms with Crippen LogP contribution in [0.15, 0.2) is 102 Å². The van der Waals surface area contributed by atoms with Crippen LogP contribution in [-0.4, -0.2) is 74.2 Å². The summed E-state index contributed by atoms with van der Waals surface area (Å²) in [6, 6.07) is 25.3. The number of hydrazine groups is 1. The van der Waals surface area contributed by atoms with E-state index in [1.54, 1.807) is 24.3 Å². The Morgan fingerprint density at radius 2 is 1.59 bits per heavy atom. The number of fused-ring (bicyclic) bond motifs is 2. The molecule has 6 aromatic rings. The number of hydrogen-bond donors (Lipinski definition) is 4. The number of sulfonamides is 1. The van der Waals surface area contributed by atoms with E-state index in [0.717, 1.165) is 33.8 Å². The molecule has 4 N–H and O–H groups in total. The number of carbonyl (C=O) groups is 3. The van der Waals surface area contributed by atoms with Gasteiger partial charge in [-0.15, -0.1) is 11.3 Å². The molecule has 0 atom stereocenters. The summed E-state index contributed by atoms with van der Waals surface area (Å²) in [4.78, 5) is 54.5. The van der Waals surface area contributed by atoms with Gasteiger partial charge in [0, 0.05) is 6.54 Å². The Balaban J connectivity index is 1.13. The number of amides is 3. The van der Waals surface area contributed by atoms with Crippen LogP contribution in [0.25, 0.3) is 21.4 Å². The minimum absolute atomic E-state index is 0.0193. The van der Waals surface area contributed by atoms with Crippen molar-refractivity contribution in [2.24, 2.45) is 0 Å². The number of hydrogen-bond acceptors (Lipinski definition) is 11. The number of imidazole rings is 1. The van der Waals surface area contributed by atoms with Gasteiger partial charge in [0.2, 0.25) is 4.34 Å². The van der Waals surface area contributed by atoms with Gasteiger partial charge in [-0.25, -0.2) is 53.1 Å². The number of para-hydroxylation sites is 1. The van der Waals surface area contributed by atoms with Crippen LogP contribution in [0.1, 0.15) is 17.2 Å². The molecular formula is C31H27N9O7S2. The highest BCUT2D eigenvalue weighted by Crippen LogP contribution is 2.27. The van der Waals surface area contributed by atoms with Gasteiger partial charge >= 0.3 is 12.2 Å². The predicted molar refractivity (Wildman–Crippen MR) is 178 cm³/mol. The van der Waals surface area contributed by atoms with Crippen molar-refractivity contribution in [2.45, 2.75) is 17.0 Å². The van der Waals surface area contributed by atoms with Crippen LogP contribution >= 0.6 is 11.3 Å². The van der Waals surface area contributed by atoms with Crippen molar-refractivity contribution in [2.75, 3.05) is 18.4 Å². The van der Waals surface area contributed by atoms with Crippen molar-refractivity contribution in [1.82, 2.24) is 39.7 Å². The zero-order valence-electron chi connectivity index (χ0n) is 25.3. The third kappa shape index (κ3) is 7.78. The van der Waals surface area contributed by atoms with Crippen LogP contribution in [0.4, 0.5) is 15.4 Å². The lowest BCUT2D eigenvalue weighted by molar-refractivity contribution is -0.134. The number of carboxylic acid groups (broad SMARTS) is 1. The van der Waals surface area contributed by atoms with Gasteiger partial charge in [-0.1, -0.05) is 72.8 Å². The maximum Gasteiger partial charge on any atom is 0.423 e. The highest BCUT2D eigenvalue weighted by Gasteiger charge is 2.24. The average Bonchev–Trinajstić information content (AvgIpc) is 3.73. The van der Waals surface area contributed by atoms with E-state index in [4.69, 9.17) is 4.74 Å². The zero-order chi connectivity index (χ0) is 34.4. The fraction of sp³-hybridized carbons (Fsp3) is 0.129. The maximum absolute atomic E-state index is 13.2. The third-order valence-electron chi connectivity index (χ3n) is 7.02. The van der Waals surface area contributed by atoms with Gasteiger partial charge in [-0.05, 0) is 23.3 Å². The average molecular weight is 702 g/mol. The van der Waals surface area contributed by atoms with Crippen molar-refractivity contribution in [3.05, 3.63) is 109 Å². The Bertz CT molecular complexity index is 2160. The molecule has 18 heteroatoms. The van der Waals surface area contributed by atoms with E-state index in [1.807, 2.05) is 66.1 Å². The molecular weight excluding hydrogens is 675 g/mol. The molecule has 16 nitrogen and oxygen atoms in total. The highest BCUT2D eigenvalue weighted by molar-refractivity contribution is 7.91. The van der Waals surface area contributed by atoms with Crippen molar-refractivity contribution in [1.29, 1.82) is 0 Å². The lowest BCUT2D eigenvalue weighted by Crippen LogP contribution is -2.50. The number of rotatable bonds is 11. The summed E-state index contributed by atoms with van der Waals surface area (Å²) in [5.74, 6) is -0.729. The number of ether oxygens (including phenoxy) is 1. The Morgan fingerprint density at radius 3 is 2.27 bits per heavy atom. The predicted octanol–water partition coefficient (Wildman–Crippen LogP) is 3.76. The molecule has 0 bridgehead atoms. The molecule has 0 spiro atoms. The monoisotopic (exact) mass is 701 g/mol. The van der Waals surface area contributed by atoms with Crippen molar-refractivity contribution >= 4 is 66.7 Å². The summed E-state index contributed by atoms with van der Waals surface area (Å²) in [7, 11) is -4.04. The summed E-state index contributed by atoms with van der Waals surface area (Å²) in [6.07, 6.45) is -0.619. The first kappa shape index (κ1) is 32.9. The molecule has 3 heterocycles. The number of benzene rings is 3. The molecule has 0 unspecified atom stereocenters. The first-order valence-electron chi connectivity index (χ1n) is 14.6. The normalized spacial score (nSPS) is 11.4. The number of anilines is 1. The second kappa shape index (κ2) is 14.4. The molecule has 3 aromatic carbocycles. The molecule has 0 aliphatic heterocycles. The SMILES string of the molecule is O=C(O)NN(CCNS(=O)(=O)c1nc2ccccc2s1)C(=O)Cn1cnc2c(NC(=O)OC(c3ccccc3)c3ccccc3)ncnc21. The molecule has 0 saturated carbocycles. The topological polar surface area (TPSA) is 211 Å². The second-order valence-electron chi connectivity index (χ2n) is 10.3. The minimum Gasteiger partial charge on any atom is -0.464 e. The maximum atomic E-state index is 13.2. The first-order valence-corrected chi connectivity index (χ1v) is 16.9. The van der Waals surface area contributed by atoms with E-state index >= 15 is 0 Å². The van der Waals surface area contributed by atoms with Gasteiger partial charge in [0.05, 0.1) is 23.1 Å². The van der Waals surface area contributed by atoms with Gasteiger partial charge in [-0.3, -0.25) is 10.1 Å². The molecule has 3 aromatic heterocycles. The summed E-state index contributed by atoms with van der Waals surface area (Å²) >= 11 is 0.981. The largest absolute Gasteiger partial charge is 0.464 e. The fourth-order valence-electron chi connectivity index (χ4n) is 4.81. The van der Waals surface area contributed by atoms with Crippen LogP contribution < -0.4 is 15.5 Å². The Kier molecular flexibility index (Phi) is 9.69. The molecule has 49 heavy (non-hydrogen) atoms. The number of aromatic nitrogens is 5. The van der Waals surface area contributed by atoms with Gasteiger partial charge < -0.3 is 14.4 Å².